The summed E-state index contributed by atoms with van der Waals surface area (Å²) in [4.78, 5) is 12.4. The summed E-state index contributed by atoms with van der Waals surface area (Å²) in [5.41, 5.74) is 6.59. The van der Waals surface area contributed by atoms with E-state index < -0.39 is 16.1 Å². The Kier molecular flexibility index (Phi) is 5.41. The molecule has 0 bridgehead atoms. The van der Waals surface area contributed by atoms with E-state index in [9.17, 15) is 13.2 Å². The van der Waals surface area contributed by atoms with Gasteiger partial charge in [-0.2, -0.15) is 0 Å². The molecule has 0 aliphatic carbocycles. The Morgan fingerprint density at radius 2 is 2.09 bits per heavy atom. The number of benzene rings is 1. The monoisotopic (exact) mass is 341 g/mol. The molecule has 1 heterocycles. The van der Waals surface area contributed by atoms with Crippen LogP contribution in [0.1, 0.15) is 18.4 Å². The molecule has 2 atom stereocenters. The molecule has 0 unspecified atom stereocenters. The molecule has 3 N–H and O–H groups in total. The number of amides is 1. The molecule has 1 amide bonds. The highest BCUT2D eigenvalue weighted by molar-refractivity contribution is 7.89. The maximum Gasteiger partial charge on any atom is 0.253 e. The standard InChI is InChI=1S/C15H23N3O4S/c1-10-4-5-11(8-14(10)23(20,21)18(2)3)17-15(19)13-7-6-12(9-16)22-13/h4-5,8,12-13H,6-7,9,16H2,1-3H3,(H,17,19)/t12-,13+/m1/s1. The quantitative estimate of drug-likeness (QED) is 0.820. The maximum atomic E-state index is 12.3. The first-order valence-electron chi connectivity index (χ1n) is 7.45. The average Bonchev–Trinajstić information content (AvgIpc) is 2.98. The van der Waals surface area contributed by atoms with Crippen molar-refractivity contribution < 1.29 is 17.9 Å². The van der Waals surface area contributed by atoms with Crippen LogP contribution in [0, 0.1) is 6.92 Å². The first kappa shape index (κ1) is 17.9. The van der Waals surface area contributed by atoms with Crippen molar-refractivity contribution in [2.45, 2.75) is 36.9 Å². The highest BCUT2D eigenvalue weighted by atomic mass is 32.2. The highest BCUT2D eigenvalue weighted by Crippen LogP contribution is 2.24. The van der Waals surface area contributed by atoms with Gasteiger partial charge >= 0.3 is 0 Å². The molecular formula is C15H23N3O4S. The number of nitrogens with zero attached hydrogens (tertiary/aromatic N) is 1. The number of rotatable bonds is 5. The molecular weight excluding hydrogens is 318 g/mol. The van der Waals surface area contributed by atoms with E-state index in [2.05, 4.69) is 5.32 Å². The number of hydrogen-bond donors (Lipinski definition) is 2. The van der Waals surface area contributed by atoms with Crippen molar-refractivity contribution in [2.75, 3.05) is 26.0 Å². The second-order valence-corrected chi connectivity index (χ2v) is 7.94. The molecule has 1 fully saturated rings. The van der Waals surface area contributed by atoms with E-state index in [-0.39, 0.29) is 16.9 Å². The first-order valence-corrected chi connectivity index (χ1v) is 8.89. The molecule has 1 aliphatic heterocycles. The van der Waals surface area contributed by atoms with E-state index >= 15 is 0 Å². The van der Waals surface area contributed by atoms with Gasteiger partial charge in [0.1, 0.15) is 6.10 Å². The van der Waals surface area contributed by atoms with Crippen LogP contribution in [0.15, 0.2) is 23.1 Å². The third-order valence-electron chi connectivity index (χ3n) is 3.88. The van der Waals surface area contributed by atoms with Crippen molar-refractivity contribution in [3.63, 3.8) is 0 Å². The van der Waals surface area contributed by atoms with E-state index in [0.29, 0.717) is 24.2 Å². The third-order valence-corrected chi connectivity index (χ3v) is 5.83. The number of sulfonamides is 1. The van der Waals surface area contributed by atoms with Crippen LogP contribution >= 0.6 is 0 Å². The minimum absolute atomic E-state index is 0.0894. The lowest BCUT2D eigenvalue weighted by Gasteiger charge is -2.16. The molecule has 0 saturated carbocycles. The molecule has 8 heteroatoms. The Bertz CT molecular complexity index is 688. The number of aryl methyl sites for hydroxylation is 1. The third kappa shape index (κ3) is 3.89. The predicted molar refractivity (Wildman–Crippen MR) is 87.6 cm³/mol. The summed E-state index contributed by atoms with van der Waals surface area (Å²) in [6, 6.07) is 4.82. The lowest BCUT2D eigenvalue weighted by atomic mass is 10.2. The number of ether oxygens (including phenoxy) is 1. The van der Waals surface area contributed by atoms with Gasteiger partial charge in [0.05, 0.1) is 11.0 Å². The van der Waals surface area contributed by atoms with Crippen molar-refractivity contribution in [2.24, 2.45) is 5.73 Å². The number of anilines is 1. The maximum absolute atomic E-state index is 12.3. The van der Waals surface area contributed by atoms with Crippen molar-refractivity contribution in [1.82, 2.24) is 4.31 Å². The van der Waals surface area contributed by atoms with Gasteiger partial charge in [0.15, 0.2) is 0 Å². The molecule has 1 aromatic carbocycles. The Labute approximate surface area is 136 Å². The number of carbonyl (C=O) groups excluding carboxylic acids is 1. The van der Waals surface area contributed by atoms with Gasteiger partial charge < -0.3 is 15.8 Å². The van der Waals surface area contributed by atoms with Gasteiger partial charge in [-0.05, 0) is 37.5 Å². The number of nitrogens with two attached hydrogens (primary N) is 1. The zero-order chi connectivity index (χ0) is 17.2. The molecule has 0 aromatic heterocycles. The van der Waals surface area contributed by atoms with E-state index in [1.165, 1.54) is 20.2 Å². The smallest absolute Gasteiger partial charge is 0.253 e. The van der Waals surface area contributed by atoms with Crippen LogP contribution in [0.4, 0.5) is 5.69 Å². The lowest BCUT2D eigenvalue weighted by Crippen LogP contribution is -2.30. The summed E-state index contributed by atoms with van der Waals surface area (Å²) in [5, 5.41) is 2.72. The van der Waals surface area contributed by atoms with Gasteiger partial charge in [-0.25, -0.2) is 12.7 Å². The molecule has 1 aliphatic rings. The van der Waals surface area contributed by atoms with Crippen LogP contribution in [0.5, 0.6) is 0 Å². The highest BCUT2D eigenvalue weighted by Gasteiger charge is 2.30. The summed E-state index contributed by atoms with van der Waals surface area (Å²) in [6.45, 7) is 2.10. The van der Waals surface area contributed by atoms with Crippen molar-refractivity contribution in [1.29, 1.82) is 0 Å². The second-order valence-electron chi connectivity index (χ2n) is 5.82. The fraction of sp³-hybridized carbons (Fsp3) is 0.533. The van der Waals surface area contributed by atoms with E-state index in [4.69, 9.17) is 10.5 Å². The van der Waals surface area contributed by atoms with Crippen molar-refractivity contribution >= 4 is 21.6 Å². The van der Waals surface area contributed by atoms with Gasteiger partial charge in [0.25, 0.3) is 5.91 Å². The molecule has 23 heavy (non-hydrogen) atoms. The average molecular weight is 341 g/mol. The number of carbonyl (C=O) groups is 1. The Hall–Kier alpha value is -1.48. The normalized spacial score (nSPS) is 21.6. The zero-order valence-corrected chi connectivity index (χ0v) is 14.4. The Morgan fingerprint density at radius 3 is 2.65 bits per heavy atom. The van der Waals surface area contributed by atoms with Crippen LogP contribution in [0.2, 0.25) is 0 Å². The summed E-state index contributed by atoms with van der Waals surface area (Å²) in [7, 11) is -0.620. The van der Waals surface area contributed by atoms with Crippen LogP contribution in [0.25, 0.3) is 0 Å². The topological polar surface area (TPSA) is 102 Å². The van der Waals surface area contributed by atoms with Gasteiger partial charge in [-0.1, -0.05) is 6.07 Å². The molecule has 0 radical (unpaired) electrons. The van der Waals surface area contributed by atoms with Gasteiger partial charge in [-0.3, -0.25) is 4.79 Å². The Balaban J connectivity index is 2.17. The Morgan fingerprint density at radius 1 is 1.39 bits per heavy atom. The second kappa shape index (κ2) is 6.96. The molecule has 7 nitrogen and oxygen atoms in total. The van der Waals surface area contributed by atoms with Crippen LogP contribution in [0.3, 0.4) is 0 Å². The molecule has 1 saturated heterocycles. The summed E-state index contributed by atoms with van der Waals surface area (Å²) in [5.74, 6) is -0.280. The van der Waals surface area contributed by atoms with Gasteiger partial charge in [0, 0.05) is 26.3 Å². The molecule has 1 aromatic rings. The molecule has 0 spiro atoms. The van der Waals surface area contributed by atoms with E-state index in [1.54, 1.807) is 19.1 Å². The summed E-state index contributed by atoms with van der Waals surface area (Å²) in [6.07, 6.45) is 0.734. The van der Waals surface area contributed by atoms with Crippen molar-refractivity contribution in [3.8, 4) is 0 Å². The zero-order valence-electron chi connectivity index (χ0n) is 13.6. The van der Waals surface area contributed by atoms with Crippen LogP contribution in [-0.4, -0.2) is 51.5 Å². The predicted octanol–water partition coefficient (Wildman–Crippen LogP) is 0.690. The van der Waals surface area contributed by atoms with Crippen LogP contribution < -0.4 is 11.1 Å². The van der Waals surface area contributed by atoms with Gasteiger partial charge in [-0.15, -0.1) is 0 Å². The largest absolute Gasteiger partial charge is 0.364 e. The van der Waals surface area contributed by atoms with Crippen LogP contribution in [-0.2, 0) is 19.6 Å². The summed E-state index contributed by atoms with van der Waals surface area (Å²) < 4.78 is 31.3. The minimum atomic E-state index is -3.56. The SMILES string of the molecule is Cc1ccc(NC(=O)[C@@H]2CC[C@H](CN)O2)cc1S(=O)(=O)N(C)C. The number of hydrogen-bond acceptors (Lipinski definition) is 5. The lowest BCUT2D eigenvalue weighted by molar-refractivity contribution is -0.126. The van der Waals surface area contributed by atoms with E-state index in [0.717, 1.165) is 10.7 Å². The first-order chi connectivity index (χ1) is 10.8. The molecule has 128 valence electrons. The fourth-order valence-electron chi connectivity index (χ4n) is 2.45. The number of nitrogens with one attached hydrogen (secondary N) is 1. The molecule has 2 rings (SSSR count). The summed E-state index contributed by atoms with van der Waals surface area (Å²) >= 11 is 0. The van der Waals surface area contributed by atoms with Gasteiger partial charge in [0.2, 0.25) is 10.0 Å². The minimum Gasteiger partial charge on any atom is -0.364 e. The van der Waals surface area contributed by atoms with E-state index in [1.807, 2.05) is 0 Å². The van der Waals surface area contributed by atoms with Crippen molar-refractivity contribution in [3.05, 3.63) is 23.8 Å². The fourth-order valence-corrected chi connectivity index (χ4v) is 3.59.